The molecule has 2 heterocycles. The molecule has 0 aliphatic rings. The fraction of sp³-hybridized carbons (Fsp3) is 0.429. The number of nitrogens with zero attached hydrogens (tertiary/aromatic N) is 1. The van der Waals surface area contributed by atoms with Crippen molar-refractivity contribution in [3.8, 4) is 0 Å². The van der Waals surface area contributed by atoms with Crippen molar-refractivity contribution in [3.05, 3.63) is 44.8 Å². The lowest BCUT2D eigenvalue weighted by Gasteiger charge is -2.18. The SMILES string of the molecule is CNC(c1ccn(Cc2sccc2Br)c1)C(C)C. The zero-order chi connectivity index (χ0) is 13.1. The van der Waals surface area contributed by atoms with E-state index >= 15 is 0 Å². The van der Waals surface area contributed by atoms with Crippen molar-refractivity contribution >= 4 is 27.3 Å². The summed E-state index contributed by atoms with van der Waals surface area (Å²) in [4.78, 5) is 1.36. The average molecular weight is 327 g/mol. The first-order chi connectivity index (χ1) is 8.61. The first-order valence-electron chi connectivity index (χ1n) is 6.16. The minimum Gasteiger partial charge on any atom is -0.349 e. The first-order valence-corrected chi connectivity index (χ1v) is 7.84. The smallest absolute Gasteiger partial charge is 0.0574 e. The van der Waals surface area contributed by atoms with Gasteiger partial charge in [-0.3, -0.25) is 0 Å². The molecule has 0 saturated heterocycles. The Kier molecular flexibility index (Phi) is 4.65. The highest BCUT2D eigenvalue weighted by Crippen LogP contribution is 2.25. The van der Waals surface area contributed by atoms with E-state index in [1.807, 2.05) is 7.05 Å². The summed E-state index contributed by atoms with van der Waals surface area (Å²) < 4.78 is 3.45. The number of halogens is 1. The normalized spacial score (nSPS) is 13.2. The molecular formula is C14H19BrN2S. The molecule has 4 heteroatoms. The largest absolute Gasteiger partial charge is 0.349 e. The monoisotopic (exact) mass is 326 g/mol. The molecule has 0 fully saturated rings. The Morgan fingerprint density at radius 3 is 2.72 bits per heavy atom. The van der Waals surface area contributed by atoms with Crippen LogP contribution in [0.15, 0.2) is 34.4 Å². The molecule has 0 bridgehead atoms. The number of hydrogen-bond donors (Lipinski definition) is 1. The molecule has 2 rings (SSSR count). The summed E-state index contributed by atoms with van der Waals surface area (Å²) in [6.07, 6.45) is 4.40. The Labute approximate surface area is 121 Å². The Hall–Kier alpha value is -0.580. The van der Waals surface area contributed by atoms with E-state index in [9.17, 15) is 0 Å². The second-order valence-electron chi connectivity index (χ2n) is 4.82. The van der Waals surface area contributed by atoms with Crippen LogP contribution in [-0.2, 0) is 6.54 Å². The van der Waals surface area contributed by atoms with Crippen molar-refractivity contribution in [1.29, 1.82) is 0 Å². The fourth-order valence-corrected chi connectivity index (χ4v) is 3.72. The maximum absolute atomic E-state index is 3.58. The molecule has 2 nitrogen and oxygen atoms in total. The maximum atomic E-state index is 3.58. The maximum Gasteiger partial charge on any atom is 0.0574 e. The molecule has 0 aliphatic carbocycles. The molecule has 0 aliphatic heterocycles. The molecule has 1 atom stereocenters. The van der Waals surface area contributed by atoms with Crippen LogP contribution in [-0.4, -0.2) is 11.6 Å². The van der Waals surface area contributed by atoms with E-state index in [4.69, 9.17) is 0 Å². The summed E-state index contributed by atoms with van der Waals surface area (Å²) in [5, 5.41) is 5.50. The lowest BCUT2D eigenvalue weighted by atomic mass is 9.99. The molecular weight excluding hydrogens is 308 g/mol. The van der Waals surface area contributed by atoms with Gasteiger partial charge in [-0.15, -0.1) is 11.3 Å². The van der Waals surface area contributed by atoms with Crippen LogP contribution in [0.3, 0.4) is 0 Å². The number of rotatable bonds is 5. The molecule has 2 aromatic heterocycles. The van der Waals surface area contributed by atoms with Gasteiger partial charge in [0.15, 0.2) is 0 Å². The van der Waals surface area contributed by atoms with Crippen molar-refractivity contribution in [2.75, 3.05) is 7.05 Å². The van der Waals surface area contributed by atoms with Gasteiger partial charge in [-0.25, -0.2) is 0 Å². The van der Waals surface area contributed by atoms with Gasteiger partial charge in [0.1, 0.15) is 0 Å². The Morgan fingerprint density at radius 1 is 1.39 bits per heavy atom. The van der Waals surface area contributed by atoms with Gasteiger partial charge >= 0.3 is 0 Å². The quantitative estimate of drug-likeness (QED) is 0.867. The first kappa shape index (κ1) is 13.8. The number of nitrogens with one attached hydrogen (secondary N) is 1. The molecule has 0 spiro atoms. The molecule has 0 saturated carbocycles. The minimum atomic E-state index is 0.429. The molecule has 1 N–H and O–H groups in total. The Morgan fingerprint density at radius 2 is 2.17 bits per heavy atom. The van der Waals surface area contributed by atoms with Gasteiger partial charge in [0.05, 0.1) is 6.54 Å². The van der Waals surface area contributed by atoms with Gasteiger partial charge in [0.2, 0.25) is 0 Å². The van der Waals surface area contributed by atoms with Gasteiger partial charge in [-0.05, 0) is 52.0 Å². The van der Waals surface area contributed by atoms with E-state index in [1.54, 1.807) is 11.3 Å². The van der Waals surface area contributed by atoms with Gasteiger partial charge < -0.3 is 9.88 Å². The third-order valence-corrected chi connectivity index (χ3v) is 5.04. The molecule has 1 unspecified atom stereocenters. The standard InChI is InChI=1S/C14H19BrN2S/c1-10(2)14(16-3)11-4-6-17(8-11)9-13-12(15)5-7-18-13/h4-8,10,14,16H,9H2,1-3H3. The second-order valence-corrected chi connectivity index (χ2v) is 6.67. The molecule has 0 amide bonds. The van der Waals surface area contributed by atoms with Crippen molar-refractivity contribution in [2.24, 2.45) is 5.92 Å². The van der Waals surface area contributed by atoms with Crippen LogP contribution in [0.5, 0.6) is 0 Å². The molecule has 0 radical (unpaired) electrons. The second kappa shape index (κ2) is 6.04. The van der Waals surface area contributed by atoms with E-state index in [-0.39, 0.29) is 0 Å². The van der Waals surface area contributed by atoms with Crippen molar-refractivity contribution in [2.45, 2.75) is 26.4 Å². The van der Waals surface area contributed by atoms with Gasteiger partial charge in [-0.1, -0.05) is 13.8 Å². The van der Waals surface area contributed by atoms with Crippen LogP contribution in [0.25, 0.3) is 0 Å². The average Bonchev–Trinajstić information content (AvgIpc) is 2.91. The van der Waals surface area contributed by atoms with Gasteiger partial charge in [-0.2, -0.15) is 0 Å². The predicted molar refractivity (Wildman–Crippen MR) is 82.2 cm³/mol. The Bertz CT molecular complexity index is 501. The summed E-state index contributed by atoms with van der Waals surface area (Å²) in [6, 6.07) is 4.75. The number of aromatic nitrogens is 1. The van der Waals surface area contributed by atoms with Crippen LogP contribution >= 0.6 is 27.3 Å². The molecule has 2 aromatic rings. The lowest BCUT2D eigenvalue weighted by molar-refractivity contribution is 0.443. The molecule has 98 valence electrons. The van der Waals surface area contributed by atoms with Crippen LogP contribution < -0.4 is 5.32 Å². The zero-order valence-corrected chi connectivity index (χ0v) is 13.4. The minimum absolute atomic E-state index is 0.429. The highest BCUT2D eigenvalue weighted by Gasteiger charge is 2.14. The van der Waals surface area contributed by atoms with E-state index in [1.165, 1.54) is 14.9 Å². The van der Waals surface area contributed by atoms with E-state index in [0.717, 1.165) is 6.54 Å². The third kappa shape index (κ3) is 3.05. The number of thiophene rings is 1. The summed E-state index contributed by atoms with van der Waals surface area (Å²) >= 11 is 5.37. The van der Waals surface area contributed by atoms with Gasteiger partial charge in [0.25, 0.3) is 0 Å². The Balaban J connectivity index is 2.13. The van der Waals surface area contributed by atoms with Crippen LogP contribution in [0.4, 0.5) is 0 Å². The molecule has 18 heavy (non-hydrogen) atoms. The van der Waals surface area contributed by atoms with Gasteiger partial charge in [0, 0.05) is 27.8 Å². The third-order valence-electron chi connectivity index (χ3n) is 3.13. The van der Waals surface area contributed by atoms with E-state index < -0.39 is 0 Å². The summed E-state index contributed by atoms with van der Waals surface area (Å²) in [5.74, 6) is 0.597. The van der Waals surface area contributed by atoms with Crippen molar-refractivity contribution in [1.82, 2.24) is 9.88 Å². The summed E-state index contributed by atoms with van der Waals surface area (Å²) in [7, 11) is 2.03. The molecule has 0 aromatic carbocycles. The lowest BCUT2D eigenvalue weighted by Crippen LogP contribution is -2.21. The highest BCUT2D eigenvalue weighted by molar-refractivity contribution is 9.10. The van der Waals surface area contributed by atoms with Crippen LogP contribution in [0.1, 0.15) is 30.3 Å². The van der Waals surface area contributed by atoms with Crippen LogP contribution in [0, 0.1) is 5.92 Å². The zero-order valence-electron chi connectivity index (χ0n) is 11.0. The summed E-state index contributed by atoms with van der Waals surface area (Å²) in [6.45, 7) is 5.43. The van der Waals surface area contributed by atoms with E-state index in [2.05, 4.69) is 69.6 Å². The summed E-state index contributed by atoms with van der Waals surface area (Å²) in [5.41, 5.74) is 1.36. The van der Waals surface area contributed by atoms with Crippen molar-refractivity contribution in [3.63, 3.8) is 0 Å². The van der Waals surface area contributed by atoms with E-state index in [0.29, 0.717) is 12.0 Å². The highest BCUT2D eigenvalue weighted by atomic mass is 79.9. The van der Waals surface area contributed by atoms with Crippen LogP contribution in [0.2, 0.25) is 0 Å². The topological polar surface area (TPSA) is 17.0 Å². The number of hydrogen-bond acceptors (Lipinski definition) is 2. The predicted octanol–water partition coefficient (Wildman–Crippen LogP) is 4.28. The van der Waals surface area contributed by atoms with Crippen molar-refractivity contribution < 1.29 is 0 Å². The fourth-order valence-electron chi connectivity index (χ4n) is 2.23.